The Kier molecular flexibility index (Phi) is 4.28. The highest BCUT2D eigenvalue weighted by Crippen LogP contribution is 2.22. The highest BCUT2D eigenvalue weighted by atomic mass is 15.1. The van der Waals surface area contributed by atoms with E-state index in [1.165, 1.54) is 0 Å². The number of benzene rings is 1. The van der Waals surface area contributed by atoms with Crippen LogP contribution in [0.25, 0.3) is 0 Å². The van der Waals surface area contributed by atoms with Crippen molar-refractivity contribution in [2.45, 2.75) is 26.7 Å². The molecular weight excluding hydrogens is 186 g/mol. The molecule has 0 saturated carbocycles. The summed E-state index contributed by atoms with van der Waals surface area (Å²) >= 11 is 0. The Hall–Kier alpha value is -1.38. The maximum absolute atomic E-state index is 5.78. The van der Waals surface area contributed by atoms with Gasteiger partial charge in [0.25, 0.3) is 0 Å². The topological polar surface area (TPSA) is 55.3 Å². The minimum absolute atomic E-state index is 0.738. The predicted octanol–water partition coefficient (Wildman–Crippen LogP) is 2.48. The predicted molar refractivity (Wildman–Crippen MR) is 68.1 cm³/mol. The molecule has 0 aliphatic heterocycles. The molecule has 0 radical (unpaired) electrons. The van der Waals surface area contributed by atoms with Gasteiger partial charge < -0.3 is 16.4 Å². The fourth-order valence-electron chi connectivity index (χ4n) is 1.75. The van der Waals surface area contributed by atoms with E-state index in [4.69, 9.17) is 11.5 Å². The zero-order chi connectivity index (χ0) is 11.3. The van der Waals surface area contributed by atoms with E-state index in [1.54, 1.807) is 6.07 Å². The van der Waals surface area contributed by atoms with Crippen LogP contribution in [0, 0.1) is 0 Å². The second kappa shape index (κ2) is 5.49. The average molecular weight is 207 g/mol. The zero-order valence-electron chi connectivity index (χ0n) is 9.66. The summed E-state index contributed by atoms with van der Waals surface area (Å²) < 4.78 is 0. The summed E-state index contributed by atoms with van der Waals surface area (Å²) in [6.07, 6.45) is 2.27. The Balaban J connectivity index is 2.88. The van der Waals surface area contributed by atoms with Crippen LogP contribution in [-0.4, -0.2) is 13.1 Å². The van der Waals surface area contributed by atoms with E-state index in [0.717, 1.165) is 43.0 Å². The van der Waals surface area contributed by atoms with Crippen molar-refractivity contribution in [2.24, 2.45) is 0 Å². The lowest BCUT2D eigenvalue weighted by Gasteiger charge is -2.24. The molecule has 0 aliphatic rings. The van der Waals surface area contributed by atoms with Gasteiger partial charge in [0.05, 0.1) is 0 Å². The number of anilines is 3. The molecule has 15 heavy (non-hydrogen) atoms. The summed E-state index contributed by atoms with van der Waals surface area (Å²) in [7, 11) is 0. The molecule has 0 aliphatic carbocycles. The van der Waals surface area contributed by atoms with Crippen LogP contribution in [0.4, 0.5) is 17.1 Å². The van der Waals surface area contributed by atoms with Gasteiger partial charge in [0, 0.05) is 30.2 Å². The average Bonchev–Trinajstić information content (AvgIpc) is 2.16. The van der Waals surface area contributed by atoms with Gasteiger partial charge in [-0.05, 0) is 31.0 Å². The van der Waals surface area contributed by atoms with Gasteiger partial charge in [0.2, 0.25) is 0 Å². The van der Waals surface area contributed by atoms with Gasteiger partial charge in [-0.1, -0.05) is 13.8 Å². The number of nitrogens with zero attached hydrogens (tertiary/aromatic N) is 1. The van der Waals surface area contributed by atoms with E-state index in [1.807, 2.05) is 12.1 Å². The summed E-state index contributed by atoms with van der Waals surface area (Å²) in [5.41, 5.74) is 14.2. The molecule has 4 N–H and O–H groups in total. The fourth-order valence-corrected chi connectivity index (χ4v) is 1.75. The number of hydrogen-bond donors (Lipinski definition) is 2. The standard InChI is InChI=1S/C12H21N3/c1-3-5-15(6-4-2)12-8-10(13)7-11(14)9-12/h7-9H,3-6,13-14H2,1-2H3. The van der Waals surface area contributed by atoms with Crippen molar-refractivity contribution in [1.82, 2.24) is 0 Å². The third-order valence-corrected chi connectivity index (χ3v) is 2.31. The summed E-state index contributed by atoms with van der Waals surface area (Å²) in [4.78, 5) is 2.33. The zero-order valence-corrected chi connectivity index (χ0v) is 9.66. The normalized spacial score (nSPS) is 10.3. The fraction of sp³-hybridized carbons (Fsp3) is 0.500. The minimum Gasteiger partial charge on any atom is -0.399 e. The van der Waals surface area contributed by atoms with Gasteiger partial charge >= 0.3 is 0 Å². The molecule has 84 valence electrons. The first-order valence-corrected chi connectivity index (χ1v) is 5.58. The second-order valence-electron chi connectivity index (χ2n) is 3.84. The van der Waals surface area contributed by atoms with Crippen molar-refractivity contribution >= 4 is 17.1 Å². The first-order valence-electron chi connectivity index (χ1n) is 5.58. The lowest BCUT2D eigenvalue weighted by molar-refractivity contribution is 0.745. The van der Waals surface area contributed by atoms with E-state index in [-0.39, 0.29) is 0 Å². The van der Waals surface area contributed by atoms with Gasteiger partial charge in [0.15, 0.2) is 0 Å². The lowest BCUT2D eigenvalue weighted by Crippen LogP contribution is -2.25. The van der Waals surface area contributed by atoms with Gasteiger partial charge in [-0.3, -0.25) is 0 Å². The van der Waals surface area contributed by atoms with Gasteiger partial charge in [0.1, 0.15) is 0 Å². The summed E-state index contributed by atoms with van der Waals surface area (Å²) in [6.45, 7) is 6.46. The van der Waals surface area contributed by atoms with Crippen molar-refractivity contribution in [2.75, 3.05) is 29.5 Å². The molecule has 0 saturated heterocycles. The smallest absolute Gasteiger partial charge is 0.0407 e. The van der Waals surface area contributed by atoms with Crippen LogP contribution in [-0.2, 0) is 0 Å². The van der Waals surface area contributed by atoms with Crippen molar-refractivity contribution < 1.29 is 0 Å². The van der Waals surface area contributed by atoms with Crippen LogP contribution in [0.15, 0.2) is 18.2 Å². The summed E-state index contributed by atoms with van der Waals surface area (Å²) in [6, 6.07) is 5.77. The SMILES string of the molecule is CCCN(CCC)c1cc(N)cc(N)c1. The van der Waals surface area contributed by atoms with Gasteiger partial charge in [-0.25, -0.2) is 0 Å². The van der Waals surface area contributed by atoms with Crippen LogP contribution in [0.2, 0.25) is 0 Å². The molecule has 0 spiro atoms. The van der Waals surface area contributed by atoms with E-state index >= 15 is 0 Å². The van der Waals surface area contributed by atoms with Crippen LogP contribution in [0.5, 0.6) is 0 Å². The highest BCUT2D eigenvalue weighted by molar-refractivity contribution is 5.64. The third kappa shape index (κ3) is 3.35. The third-order valence-electron chi connectivity index (χ3n) is 2.31. The monoisotopic (exact) mass is 207 g/mol. The maximum Gasteiger partial charge on any atom is 0.0407 e. The molecule has 1 aromatic carbocycles. The Bertz CT molecular complexity index is 283. The molecule has 3 heteroatoms. The molecule has 0 atom stereocenters. The van der Waals surface area contributed by atoms with Crippen molar-refractivity contribution in [3.63, 3.8) is 0 Å². The maximum atomic E-state index is 5.78. The summed E-state index contributed by atoms with van der Waals surface area (Å²) in [5, 5.41) is 0. The number of nitrogen functional groups attached to an aromatic ring is 2. The molecule has 0 amide bonds. The second-order valence-corrected chi connectivity index (χ2v) is 3.84. The Morgan fingerprint density at radius 1 is 0.933 bits per heavy atom. The van der Waals surface area contributed by atoms with E-state index in [2.05, 4.69) is 18.7 Å². The molecule has 0 unspecified atom stereocenters. The van der Waals surface area contributed by atoms with Gasteiger partial charge in [-0.15, -0.1) is 0 Å². The van der Waals surface area contributed by atoms with E-state index in [9.17, 15) is 0 Å². The lowest BCUT2D eigenvalue weighted by atomic mass is 10.2. The molecule has 0 aromatic heterocycles. The molecule has 0 fully saturated rings. The van der Waals surface area contributed by atoms with Crippen molar-refractivity contribution in [1.29, 1.82) is 0 Å². The number of nitrogens with two attached hydrogens (primary N) is 2. The number of hydrogen-bond acceptors (Lipinski definition) is 3. The molecule has 3 nitrogen and oxygen atoms in total. The quantitative estimate of drug-likeness (QED) is 0.729. The Morgan fingerprint density at radius 3 is 1.80 bits per heavy atom. The Labute approximate surface area is 92.1 Å². The van der Waals surface area contributed by atoms with Crippen molar-refractivity contribution in [3.05, 3.63) is 18.2 Å². The first-order chi connectivity index (χ1) is 7.17. The molecule has 0 heterocycles. The van der Waals surface area contributed by atoms with Gasteiger partial charge in [-0.2, -0.15) is 0 Å². The minimum atomic E-state index is 0.738. The largest absolute Gasteiger partial charge is 0.399 e. The van der Waals surface area contributed by atoms with Crippen molar-refractivity contribution in [3.8, 4) is 0 Å². The highest BCUT2D eigenvalue weighted by Gasteiger charge is 2.05. The molecule has 1 rings (SSSR count). The summed E-state index contributed by atoms with van der Waals surface area (Å²) in [5.74, 6) is 0. The van der Waals surface area contributed by atoms with E-state index < -0.39 is 0 Å². The Morgan fingerprint density at radius 2 is 1.40 bits per heavy atom. The van der Waals surface area contributed by atoms with Crippen LogP contribution in [0.3, 0.4) is 0 Å². The molecule has 0 bridgehead atoms. The molecular formula is C12H21N3. The van der Waals surface area contributed by atoms with E-state index in [0.29, 0.717) is 0 Å². The van der Waals surface area contributed by atoms with Crippen LogP contribution in [0.1, 0.15) is 26.7 Å². The van der Waals surface area contributed by atoms with Crippen LogP contribution < -0.4 is 16.4 Å². The molecule has 1 aromatic rings. The van der Waals surface area contributed by atoms with Crippen LogP contribution >= 0.6 is 0 Å². The first kappa shape index (κ1) is 11.7. The number of rotatable bonds is 5.